The van der Waals surface area contributed by atoms with Crippen LogP contribution in [0.5, 0.6) is 5.75 Å². The Bertz CT molecular complexity index is 691. The molecule has 1 N–H and O–H groups in total. The fourth-order valence-electron chi connectivity index (χ4n) is 3.43. The lowest BCUT2D eigenvalue weighted by Gasteiger charge is -2.29. The van der Waals surface area contributed by atoms with Gasteiger partial charge in [-0.05, 0) is 30.5 Å². The normalized spacial score (nSPS) is 17.0. The molecule has 24 heavy (non-hydrogen) atoms. The summed E-state index contributed by atoms with van der Waals surface area (Å²) in [5.74, 6) is 0.634. The van der Waals surface area contributed by atoms with Crippen molar-refractivity contribution in [2.75, 3.05) is 26.3 Å². The van der Waals surface area contributed by atoms with Crippen molar-refractivity contribution in [3.8, 4) is 5.75 Å². The number of phenols is 1. The molecule has 2 aromatic rings. The standard InChI is InChI=1S/C21H27NO2/c1-15-13-19(17(3)18-7-5-4-6-8-18)21(23)20(16(15)2)14-22-9-11-24-12-10-22/h4-8,13,17,23H,9-12,14H2,1-3H3/t17-/m1/s1. The summed E-state index contributed by atoms with van der Waals surface area (Å²) >= 11 is 0. The highest BCUT2D eigenvalue weighted by molar-refractivity contribution is 5.52. The maximum absolute atomic E-state index is 11.0. The fourth-order valence-corrected chi connectivity index (χ4v) is 3.43. The second kappa shape index (κ2) is 7.37. The first-order chi connectivity index (χ1) is 11.6. The number of hydrogen-bond acceptors (Lipinski definition) is 3. The third-order valence-electron chi connectivity index (χ3n) is 5.23. The number of aryl methyl sites for hydroxylation is 1. The van der Waals surface area contributed by atoms with E-state index in [9.17, 15) is 5.11 Å². The molecule has 0 unspecified atom stereocenters. The first kappa shape index (κ1) is 17.0. The van der Waals surface area contributed by atoms with Crippen molar-refractivity contribution in [2.45, 2.75) is 33.2 Å². The van der Waals surface area contributed by atoms with Crippen LogP contribution in [0, 0.1) is 13.8 Å². The molecule has 1 fully saturated rings. The summed E-state index contributed by atoms with van der Waals surface area (Å²) in [5, 5.41) is 11.0. The van der Waals surface area contributed by atoms with Crippen LogP contribution in [0.15, 0.2) is 36.4 Å². The summed E-state index contributed by atoms with van der Waals surface area (Å²) in [6.45, 7) is 10.6. The van der Waals surface area contributed by atoms with Gasteiger partial charge in [0.25, 0.3) is 0 Å². The molecule has 3 nitrogen and oxygen atoms in total. The molecule has 0 bridgehead atoms. The number of morpholine rings is 1. The van der Waals surface area contributed by atoms with Gasteiger partial charge in [-0.1, -0.05) is 43.3 Å². The van der Waals surface area contributed by atoms with E-state index < -0.39 is 0 Å². The average Bonchev–Trinajstić information content (AvgIpc) is 2.63. The van der Waals surface area contributed by atoms with Gasteiger partial charge in [0.05, 0.1) is 13.2 Å². The second-order valence-corrected chi connectivity index (χ2v) is 6.76. The third-order valence-corrected chi connectivity index (χ3v) is 5.23. The highest BCUT2D eigenvalue weighted by Crippen LogP contribution is 2.37. The molecule has 0 spiro atoms. The molecule has 3 heteroatoms. The molecule has 1 aliphatic rings. The zero-order valence-electron chi connectivity index (χ0n) is 14.9. The summed E-state index contributed by atoms with van der Waals surface area (Å²) in [7, 11) is 0. The first-order valence-electron chi connectivity index (χ1n) is 8.75. The SMILES string of the molecule is Cc1cc([C@H](C)c2ccccc2)c(O)c(CN2CCOCC2)c1C. The Morgan fingerprint density at radius 3 is 2.46 bits per heavy atom. The van der Waals surface area contributed by atoms with E-state index in [0.29, 0.717) is 5.75 Å². The molecular formula is C21H27NO2. The predicted molar refractivity (Wildman–Crippen MR) is 97.6 cm³/mol. The number of hydrogen-bond donors (Lipinski definition) is 1. The number of ether oxygens (including phenoxy) is 1. The summed E-state index contributed by atoms with van der Waals surface area (Å²) in [6.07, 6.45) is 0. The Balaban J connectivity index is 1.95. The zero-order chi connectivity index (χ0) is 17.1. The van der Waals surface area contributed by atoms with Gasteiger partial charge in [-0.3, -0.25) is 4.90 Å². The van der Waals surface area contributed by atoms with E-state index in [1.807, 2.05) is 6.07 Å². The minimum Gasteiger partial charge on any atom is -0.507 e. The molecule has 1 saturated heterocycles. The van der Waals surface area contributed by atoms with Crippen LogP contribution in [-0.2, 0) is 11.3 Å². The van der Waals surface area contributed by atoms with Gasteiger partial charge in [0, 0.05) is 36.7 Å². The third kappa shape index (κ3) is 3.47. The van der Waals surface area contributed by atoms with E-state index in [4.69, 9.17) is 4.74 Å². The van der Waals surface area contributed by atoms with E-state index in [1.165, 1.54) is 16.7 Å². The molecule has 0 aliphatic carbocycles. The van der Waals surface area contributed by atoms with Gasteiger partial charge in [-0.2, -0.15) is 0 Å². The van der Waals surface area contributed by atoms with E-state index in [1.54, 1.807) is 0 Å². The lowest BCUT2D eigenvalue weighted by Crippen LogP contribution is -2.35. The van der Waals surface area contributed by atoms with Crippen molar-refractivity contribution < 1.29 is 9.84 Å². The van der Waals surface area contributed by atoms with Crippen LogP contribution in [0.2, 0.25) is 0 Å². The summed E-state index contributed by atoms with van der Waals surface area (Å²) in [6, 6.07) is 12.5. The van der Waals surface area contributed by atoms with E-state index in [2.05, 4.69) is 56.0 Å². The Morgan fingerprint density at radius 2 is 1.79 bits per heavy atom. The Labute approximate surface area is 144 Å². The van der Waals surface area contributed by atoms with Gasteiger partial charge in [0.2, 0.25) is 0 Å². The minimum absolute atomic E-state index is 0.175. The molecule has 1 heterocycles. The lowest BCUT2D eigenvalue weighted by molar-refractivity contribution is 0.0338. The van der Waals surface area contributed by atoms with Crippen molar-refractivity contribution >= 4 is 0 Å². The summed E-state index contributed by atoms with van der Waals surface area (Å²) < 4.78 is 5.44. The van der Waals surface area contributed by atoms with Gasteiger partial charge < -0.3 is 9.84 Å². The zero-order valence-corrected chi connectivity index (χ0v) is 14.9. The van der Waals surface area contributed by atoms with Crippen LogP contribution >= 0.6 is 0 Å². The molecule has 0 saturated carbocycles. The summed E-state index contributed by atoms with van der Waals surface area (Å²) in [5.41, 5.74) is 5.76. The number of nitrogens with zero attached hydrogens (tertiary/aromatic N) is 1. The molecular weight excluding hydrogens is 298 g/mol. The first-order valence-corrected chi connectivity index (χ1v) is 8.75. The number of benzene rings is 2. The molecule has 3 rings (SSSR count). The molecule has 2 aromatic carbocycles. The fraction of sp³-hybridized carbons (Fsp3) is 0.429. The van der Waals surface area contributed by atoms with Crippen LogP contribution < -0.4 is 0 Å². The summed E-state index contributed by atoms with van der Waals surface area (Å²) in [4.78, 5) is 2.36. The van der Waals surface area contributed by atoms with E-state index in [-0.39, 0.29) is 5.92 Å². The molecule has 0 aromatic heterocycles. The second-order valence-electron chi connectivity index (χ2n) is 6.76. The van der Waals surface area contributed by atoms with E-state index >= 15 is 0 Å². The van der Waals surface area contributed by atoms with Crippen molar-refractivity contribution in [1.29, 1.82) is 0 Å². The highest BCUT2D eigenvalue weighted by Gasteiger charge is 2.21. The lowest BCUT2D eigenvalue weighted by atomic mass is 9.87. The maximum Gasteiger partial charge on any atom is 0.124 e. The van der Waals surface area contributed by atoms with Crippen molar-refractivity contribution in [3.05, 3.63) is 64.2 Å². The van der Waals surface area contributed by atoms with E-state index in [0.717, 1.165) is 44.0 Å². The predicted octanol–water partition coefficient (Wildman–Crippen LogP) is 3.99. The Morgan fingerprint density at radius 1 is 1.12 bits per heavy atom. The van der Waals surface area contributed by atoms with Gasteiger partial charge in [-0.25, -0.2) is 0 Å². The monoisotopic (exact) mass is 325 g/mol. The Hall–Kier alpha value is -1.84. The maximum atomic E-state index is 11.0. The largest absolute Gasteiger partial charge is 0.507 e. The van der Waals surface area contributed by atoms with Crippen LogP contribution in [0.1, 0.15) is 40.7 Å². The van der Waals surface area contributed by atoms with Crippen LogP contribution in [-0.4, -0.2) is 36.3 Å². The quantitative estimate of drug-likeness (QED) is 0.922. The minimum atomic E-state index is 0.175. The van der Waals surface area contributed by atoms with Crippen LogP contribution in [0.4, 0.5) is 0 Å². The van der Waals surface area contributed by atoms with Crippen molar-refractivity contribution in [3.63, 3.8) is 0 Å². The Kier molecular flexibility index (Phi) is 5.22. The van der Waals surface area contributed by atoms with Gasteiger partial charge in [-0.15, -0.1) is 0 Å². The number of rotatable bonds is 4. The van der Waals surface area contributed by atoms with Gasteiger partial charge in [0.15, 0.2) is 0 Å². The van der Waals surface area contributed by atoms with Crippen LogP contribution in [0.25, 0.3) is 0 Å². The number of phenolic OH excluding ortho intramolecular Hbond substituents is 1. The molecule has 0 radical (unpaired) electrons. The number of aromatic hydroxyl groups is 1. The molecule has 0 amide bonds. The van der Waals surface area contributed by atoms with Gasteiger partial charge >= 0.3 is 0 Å². The van der Waals surface area contributed by atoms with Crippen LogP contribution in [0.3, 0.4) is 0 Å². The molecule has 1 atom stereocenters. The smallest absolute Gasteiger partial charge is 0.124 e. The van der Waals surface area contributed by atoms with Crippen molar-refractivity contribution in [2.24, 2.45) is 0 Å². The average molecular weight is 325 g/mol. The topological polar surface area (TPSA) is 32.7 Å². The van der Waals surface area contributed by atoms with Gasteiger partial charge in [0.1, 0.15) is 5.75 Å². The molecule has 1 aliphatic heterocycles. The van der Waals surface area contributed by atoms with Crippen molar-refractivity contribution in [1.82, 2.24) is 4.90 Å². The highest BCUT2D eigenvalue weighted by atomic mass is 16.5. The molecule has 128 valence electrons.